The summed E-state index contributed by atoms with van der Waals surface area (Å²) in [6.45, 7) is 11.5. The lowest BCUT2D eigenvalue weighted by Gasteiger charge is -2.47. The Kier molecular flexibility index (Phi) is 8.37. The quantitative estimate of drug-likeness (QED) is 0.465. The van der Waals surface area contributed by atoms with Crippen molar-refractivity contribution in [2.45, 2.75) is 70.9 Å². The summed E-state index contributed by atoms with van der Waals surface area (Å²) in [4.78, 5) is 2.52. The molecule has 2 aromatic carbocycles. The number of rotatable bonds is 9. The Morgan fingerprint density at radius 2 is 1.69 bits per heavy atom. The number of benzene rings is 2. The maximum absolute atomic E-state index is 12.4. The highest BCUT2D eigenvalue weighted by Crippen LogP contribution is 2.45. The Labute approximate surface area is 194 Å². The lowest BCUT2D eigenvalue weighted by molar-refractivity contribution is -0.0750. The third-order valence-electron chi connectivity index (χ3n) is 6.87. The first-order chi connectivity index (χ1) is 15.3. The zero-order chi connectivity index (χ0) is 23.2. The predicted molar refractivity (Wildman–Crippen MR) is 131 cm³/mol. The summed E-state index contributed by atoms with van der Waals surface area (Å²) >= 11 is 0. The van der Waals surface area contributed by atoms with Gasteiger partial charge in [0, 0.05) is 37.3 Å². The van der Waals surface area contributed by atoms with Gasteiger partial charge in [-0.05, 0) is 84.0 Å². The normalized spacial score (nSPS) is 19.5. The van der Waals surface area contributed by atoms with Gasteiger partial charge in [-0.1, -0.05) is 36.4 Å². The Balaban J connectivity index is 1.96. The van der Waals surface area contributed by atoms with Crippen LogP contribution in [0.3, 0.4) is 0 Å². The van der Waals surface area contributed by atoms with Gasteiger partial charge in [0.1, 0.15) is 11.5 Å². The second kappa shape index (κ2) is 10.8. The Morgan fingerprint density at radius 1 is 1.00 bits per heavy atom. The van der Waals surface area contributed by atoms with Crippen LogP contribution < -0.4 is 4.74 Å². The molecule has 0 saturated carbocycles. The summed E-state index contributed by atoms with van der Waals surface area (Å²) in [5.74, 6) is 1.74. The molecule has 0 aliphatic carbocycles. The van der Waals surface area contributed by atoms with Gasteiger partial charge in [0.2, 0.25) is 0 Å². The average Bonchev–Trinajstić information content (AvgIpc) is 2.78. The van der Waals surface area contributed by atoms with E-state index in [-0.39, 0.29) is 11.5 Å². The van der Waals surface area contributed by atoms with Crippen LogP contribution in [-0.4, -0.2) is 42.4 Å². The highest BCUT2D eigenvalue weighted by atomic mass is 16.5. The molecule has 4 nitrogen and oxygen atoms in total. The number of methoxy groups -OCH3 is 1. The van der Waals surface area contributed by atoms with Crippen molar-refractivity contribution in [1.82, 2.24) is 4.90 Å². The fourth-order valence-corrected chi connectivity index (χ4v) is 4.88. The molecule has 1 heterocycles. The number of hydrogen-bond donors (Lipinski definition) is 1. The van der Waals surface area contributed by atoms with Gasteiger partial charge in [0.05, 0.1) is 5.60 Å². The van der Waals surface area contributed by atoms with Crippen LogP contribution in [0.1, 0.15) is 64.0 Å². The van der Waals surface area contributed by atoms with E-state index in [4.69, 9.17) is 9.47 Å². The van der Waals surface area contributed by atoms with Gasteiger partial charge in [-0.25, -0.2) is 0 Å². The van der Waals surface area contributed by atoms with Crippen LogP contribution in [0.4, 0.5) is 0 Å². The molecule has 0 amide bonds. The minimum absolute atomic E-state index is 0.0901. The molecular formula is C28H41NO3. The number of piperidine rings is 1. The van der Waals surface area contributed by atoms with E-state index in [1.807, 2.05) is 36.4 Å². The summed E-state index contributed by atoms with van der Waals surface area (Å²) in [6.07, 6.45) is 4.67. The highest BCUT2D eigenvalue weighted by molar-refractivity contribution is 5.44. The first kappa shape index (κ1) is 24.8. The van der Waals surface area contributed by atoms with Crippen molar-refractivity contribution in [3.05, 3.63) is 59.7 Å². The van der Waals surface area contributed by atoms with Crippen LogP contribution in [0.5, 0.6) is 11.5 Å². The zero-order valence-corrected chi connectivity index (χ0v) is 20.6. The molecule has 0 spiro atoms. The molecule has 1 aliphatic rings. The molecule has 1 fully saturated rings. The van der Waals surface area contributed by atoms with Crippen molar-refractivity contribution in [3.8, 4) is 11.5 Å². The average molecular weight is 440 g/mol. The maximum atomic E-state index is 12.4. The van der Waals surface area contributed by atoms with Crippen molar-refractivity contribution >= 4 is 0 Å². The van der Waals surface area contributed by atoms with Gasteiger partial charge in [0.15, 0.2) is 0 Å². The Bertz CT molecular complexity index is 860. The third-order valence-corrected chi connectivity index (χ3v) is 6.87. The van der Waals surface area contributed by atoms with E-state index in [9.17, 15) is 5.11 Å². The lowest BCUT2D eigenvalue weighted by Crippen LogP contribution is -2.52. The largest absolute Gasteiger partial charge is 0.457 e. The zero-order valence-electron chi connectivity index (χ0n) is 20.6. The first-order valence-electron chi connectivity index (χ1n) is 12.0. The number of para-hydroxylation sites is 2. The van der Waals surface area contributed by atoms with E-state index in [0.717, 1.165) is 68.0 Å². The van der Waals surface area contributed by atoms with Crippen molar-refractivity contribution < 1.29 is 14.6 Å². The second-order valence-corrected chi connectivity index (χ2v) is 10.2. The number of hydrogen-bond acceptors (Lipinski definition) is 4. The van der Waals surface area contributed by atoms with Crippen LogP contribution in [0.2, 0.25) is 0 Å². The van der Waals surface area contributed by atoms with E-state index < -0.39 is 5.60 Å². The summed E-state index contributed by atoms with van der Waals surface area (Å²) in [7, 11) is 1.74. The number of ether oxygens (including phenoxy) is 2. The predicted octanol–water partition coefficient (Wildman–Crippen LogP) is 6.30. The monoisotopic (exact) mass is 439 g/mol. The van der Waals surface area contributed by atoms with Crippen molar-refractivity contribution in [1.29, 1.82) is 0 Å². The molecule has 2 atom stereocenters. The van der Waals surface area contributed by atoms with E-state index >= 15 is 0 Å². The third kappa shape index (κ3) is 5.92. The summed E-state index contributed by atoms with van der Waals surface area (Å²) < 4.78 is 11.7. The summed E-state index contributed by atoms with van der Waals surface area (Å²) in [5.41, 5.74) is 1.13. The Morgan fingerprint density at radius 3 is 2.38 bits per heavy atom. The SMILES string of the molecule is COCCCC[C@@](O)(c1ccccc1Oc1ccccc1C)[C@@H]1CCCN(C(C)(C)C)C1. The van der Waals surface area contributed by atoms with Gasteiger partial charge in [-0.15, -0.1) is 0 Å². The summed E-state index contributed by atoms with van der Waals surface area (Å²) in [5, 5.41) is 12.4. The van der Waals surface area contributed by atoms with Crippen molar-refractivity contribution in [3.63, 3.8) is 0 Å². The van der Waals surface area contributed by atoms with Gasteiger partial charge in [-0.2, -0.15) is 0 Å². The molecule has 1 saturated heterocycles. The van der Waals surface area contributed by atoms with Crippen LogP contribution in [0, 0.1) is 12.8 Å². The molecule has 2 aromatic rings. The minimum Gasteiger partial charge on any atom is -0.457 e. The fraction of sp³-hybridized carbons (Fsp3) is 0.571. The number of aliphatic hydroxyl groups is 1. The molecule has 1 aliphatic heterocycles. The lowest BCUT2D eigenvalue weighted by atomic mass is 9.73. The van der Waals surface area contributed by atoms with E-state index in [1.54, 1.807) is 7.11 Å². The van der Waals surface area contributed by atoms with Gasteiger partial charge < -0.3 is 14.6 Å². The van der Waals surface area contributed by atoms with E-state index in [2.05, 4.69) is 44.7 Å². The van der Waals surface area contributed by atoms with E-state index in [1.165, 1.54) is 0 Å². The molecule has 4 heteroatoms. The number of nitrogens with zero attached hydrogens (tertiary/aromatic N) is 1. The molecule has 3 rings (SSSR count). The van der Waals surface area contributed by atoms with Crippen molar-refractivity contribution in [2.24, 2.45) is 5.92 Å². The van der Waals surface area contributed by atoms with Gasteiger partial charge >= 0.3 is 0 Å². The Hall–Kier alpha value is -1.88. The number of aryl methyl sites for hydroxylation is 1. The van der Waals surface area contributed by atoms with Crippen LogP contribution in [-0.2, 0) is 10.3 Å². The molecule has 0 radical (unpaired) electrons. The van der Waals surface area contributed by atoms with E-state index in [0.29, 0.717) is 6.42 Å². The number of unbranched alkanes of at least 4 members (excludes halogenated alkanes) is 1. The molecule has 176 valence electrons. The van der Waals surface area contributed by atoms with Crippen LogP contribution in [0.15, 0.2) is 48.5 Å². The maximum Gasteiger partial charge on any atom is 0.133 e. The standard InChI is InChI=1S/C28H41NO3/c1-22-13-6-8-16-25(22)32-26-17-9-7-15-24(26)28(30,18-10-11-20-31-5)23-14-12-19-29(21-23)27(2,3)4/h6-9,13,15-17,23,30H,10-12,14,18-21H2,1-5H3/t23-,28+/m1/s1. The highest BCUT2D eigenvalue weighted by Gasteiger charge is 2.43. The molecule has 0 bridgehead atoms. The topological polar surface area (TPSA) is 41.9 Å². The molecular weight excluding hydrogens is 398 g/mol. The molecule has 0 aromatic heterocycles. The minimum atomic E-state index is -0.947. The molecule has 1 N–H and O–H groups in total. The van der Waals surface area contributed by atoms with Gasteiger partial charge in [-0.3, -0.25) is 4.90 Å². The van der Waals surface area contributed by atoms with Crippen molar-refractivity contribution in [2.75, 3.05) is 26.8 Å². The van der Waals surface area contributed by atoms with Crippen LogP contribution in [0.25, 0.3) is 0 Å². The summed E-state index contributed by atoms with van der Waals surface area (Å²) in [6, 6.07) is 16.1. The molecule has 32 heavy (non-hydrogen) atoms. The van der Waals surface area contributed by atoms with Crippen LogP contribution >= 0.6 is 0 Å². The smallest absolute Gasteiger partial charge is 0.133 e. The fourth-order valence-electron chi connectivity index (χ4n) is 4.88. The second-order valence-electron chi connectivity index (χ2n) is 10.2. The number of likely N-dealkylation sites (tertiary alicyclic amines) is 1. The van der Waals surface area contributed by atoms with Gasteiger partial charge in [0.25, 0.3) is 0 Å². The first-order valence-corrected chi connectivity index (χ1v) is 12.0. The molecule has 0 unspecified atom stereocenters.